The van der Waals surface area contributed by atoms with Gasteiger partial charge in [-0.2, -0.15) is 0 Å². The topological polar surface area (TPSA) is 64.7 Å². The average Bonchev–Trinajstić information content (AvgIpc) is 2.98. The first-order valence-electron chi connectivity index (χ1n) is 13.1. The number of para-hydroxylation sites is 4. The zero-order valence-corrected chi connectivity index (χ0v) is 21.5. The number of amides is 2. The highest BCUT2D eigenvalue weighted by Gasteiger charge is 2.17. The summed E-state index contributed by atoms with van der Waals surface area (Å²) in [5, 5.41) is 3.23. The largest absolute Gasteiger partial charge is 0.291 e. The lowest BCUT2D eigenvalue weighted by molar-refractivity contribution is -0.119. The van der Waals surface area contributed by atoms with Gasteiger partial charge in [0.25, 0.3) is 0 Å². The Morgan fingerprint density at radius 2 is 0.763 bits per heavy atom. The second-order valence-corrected chi connectivity index (χ2v) is 9.00. The molecule has 0 unspecified atom stereocenters. The Balaban J connectivity index is 1.25. The molecule has 0 aliphatic rings. The minimum Gasteiger partial charge on any atom is -0.291 e. The van der Waals surface area contributed by atoms with Crippen LogP contribution in [0.15, 0.2) is 121 Å². The van der Waals surface area contributed by atoms with Gasteiger partial charge in [-0.15, -0.1) is 0 Å². The quantitative estimate of drug-likeness (QED) is 0.146. The van der Waals surface area contributed by atoms with E-state index in [2.05, 4.69) is 10.9 Å². The highest BCUT2D eigenvalue weighted by molar-refractivity contribution is 5.96. The molecule has 6 heteroatoms. The standard InChI is InChI=1S/C32H34N4O2/c37-31(35(29-21-11-5-12-22-29)33-27-17-7-3-8-18-27)25-15-1-2-16-26-32(38)36(30-23-13-6-14-24-30)34-28-19-9-4-10-20-28/h3-14,17-24,33-34H,1-2,15-16,25-26H2. The van der Waals surface area contributed by atoms with E-state index in [4.69, 9.17) is 0 Å². The number of nitrogens with zero attached hydrogens (tertiary/aromatic N) is 2. The zero-order valence-electron chi connectivity index (χ0n) is 21.5. The van der Waals surface area contributed by atoms with Crippen molar-refractivity contribution in [2.75, 3.05) is 20.9 Å². The van der Waals surface area contributed by atoms with Gasteiger partial charge in [-0.3, -0.25) is 20.4 Å². The third kappa shape index (κ3) is 7.96. The van der Waals surface area contributed by atoms with Crippen molar-refractivity contribution in [2.24, 2.45) is 0 Å². The summed E-state index contributed by atoms with van der Waals surface area (Å²) in [5.74, 6) is 0.0249. The molecule has 4 aromatic rings. The summed E-state index contributed by atoms with van der Waals surface area (Å²) in [6, 6.07) is 38.6. The lowest BCUT2D eigenvalue weighted by Crippen LogP contribution is -2.36. The van der Waals surface area contributed by atoms with Crippen LogP contribution >= 0.6 is 0 Å². The summed E-state index contributed by atoms with van der Waals surface area (Å²) in [5.41, 5.74) is 9.80. The molecule has 194 valence electrons. The van der Waals surface area contributed by atoms with Crippen LogP contribution in [0.4, 0.5) is 22.7 Å². The van der Waals surface area contributed by atoms with Crippen molar-refractivity contribution >= 4 is 34.6 Å². The number of hydrogen-bond acceptors (Lipinski definition) is 4. The lowest BCUT2D eigenvalue weighted by Gasteiger charge is -2.25. The summed E-state index contributed by atoms with van der Waals surface area (Å²) in [4.78, 5) is 26.2. The van der Waals surface area contributed by atoms with Crippen molar-refractivity contribution in [3.63, 3.8) is 0 Å². The third-order valence-electron chi connectivity index (χ3n) is 6.09. The fourth-order valence-electron chi connectivity index (χ4n) is 4.11. The minimum absolute atomic E-state index is 0.0124. The Kier molecular flexibility index (Phi) is 9.92. The summed E-state index contributed by atoms with van der Waals surface area (Å²) in [6.45, 7) is 0. The highest BCUT2D eigenvalue weighted by Crippen LogP contribution is 2.20. The molecule has 0 atom stereocenters. The van der Waals surface area contributed by atoms with Crippen molar-refractivity contribution in [1.82, 2.24) is 0 Å². The number of unbranched alkanes of at least 4 members (excludes halogenated alkanes) is 3. The monoisotopic (exact) mass is 506 g/mol. The van der Waals surface area contributed by atoms with E-state index in [9.17, 15) is 9.59 Å². The Hall–Kier alpha value is -4.58. The van der Waals surface area contributed by atoms with E-state index in [1.54, 1.807) is 10.0 Å². The summed E-state index contributed by atoms with van der Waals surface area (Å²) in [6.07, 6.45) is 4.13. The van der Waals surface area contributed by atoms with E-state index < -0.39 is 0 Å². The van der Waals surface area contributed by atoms with Crippen molar-refractivity contribution in [3.8, 4) is 0 Å². The van der Waals surface area contributed by atoms with E-state index in [0.717, 1.165) is 48.4 Å². The number of benzene rings is 4. The molecule has 2 amide bonds. The van der Waals surface area contributed by atoms with Gasteiger partial charge < -0.3 is 0 Å². The Bertz CT molecular complexity index is 1150. The molecule has 0 fully saturated rings. The first kappa shape index (κ1) is 26.5. The first-order chi connectivity index (χ1) is 18.7. The fourth-order valence-corrected chi connectivity index (χ4v) is 4.11. The van der Waals surface area contributed by atoms with Crippen LogP contribution in [0.3, 0.4) is 0 Å². The third-order valence-corrected chi connectivity index (χ3v) is 6.09. The van der Waals surface area contributed by atoms with Crippen LogP contribution in [0.1, 0.15) is 38.5 Å². The smallest absolute Gasteiger partial charge is 0.245 e. The number of carbonyl (C=O) groups is 2. The normalized spacial score (nSPS) is 10.4. The molecule has 4 rings (SSSR count). The van der Waals surface area contributed by atoms with Crippen LogP contribution in [0, 0.1) is 0 Å². The van der Waals surface area contributed by atoms with Crippen LogP contribution in [0.2, 0.25) is 0 Å². The van der Waals surface area contributed by atoms with Gasteiger partial charge in [0.05, 0.1) is 22.7 Å². The van der Waals surface area contributed by atoms with Crippen LogP contribution in [0.5, 0.6) is 0 Å². The number of anilines is 4. The number of rotatable bonds is 13. The molecule has 0 aliphatic carbocycles. The Labute approximate surface area is 224 Å². The van der Waals surface area contributed by atoms with Gasteiger partial charge in [-0.1, -0.05) is 85.6 Å². The Morgan fingerprint density at radius 1 is 0.447 bits per heavy atom. The molecule has 4 aromatic carbocycles. The predicted molar refractivity (Wildman–Crippen MR) is 156 cm³/mol. The van der Waals surface area contributed by atoms with Crippen LogP contribution in [-0.2, 0) is 9.59 Å². The van der Waals surface area contributed by atoms with Gasteiger partial charge in [0.2, 0.25) is 11.8 Å². The zero-order chi connectivity index (χ0) is 26.4. The maximum Gasteiger partial charge on any atom is 0.245 e. The minimum atomic E-state index is 0.0124. The maximum absolute atomic E-state index is 13.1. The molecule has 0 heterocycles. The summed E-state index contributed by atoms with van der Waals surface area (Å²) < 4.78 is 0. The van der Waals surface area contributed by atoms with Gasteiger partial charge in [0.15, 0.2) is 0 Å². The van der Waals surface area contributed by atoms with E-state index in [1.807, 2.05) is 121 Å². The highest BCUT2D eigenvalue weighted by atomic mass is 16.2. The van der Waals surface area contributed by atoms with Gasteiger partial charge >= 0.3 is 0 Å². The molecule has 2 N–H and O–H groups in total. The lowest BCUT2D eigenvalue weighted by atomic mass is 10.1. The molecule has 0 saturated carbocycles. The van der Waals surface area contributed by atoms with E-state index in [-0.39, 0.29) is 11.8 Å². The SMILES string of the molecule is O=C(CCCCCCC(=O)N(Nc1ccccc1)c1ccccc1)N(Nc1ccccc1)c1ccccc1. The fraction of sp³-hybridized carbons (Fsp3) is 0.188. The van der Waals surface area contributed by atoms with Crippen LogP contribution in [0.25, 0.3) is 0 Å². The van der Waals surface area contributed by atoms with Gasteiger partial charge in [-0.05, 0) is 61.4 Å². The van der Waals surface area contributed by atoms with Crippen molar-refractivity contribution in [2.45, 2.75) is 38.5 Å². The average molecular weight is 507 g/mol. The molecule has 0 aliphatic heterocycles. The molecule has 0 radical (unpaired) electrons. The van der Waals surface area contributed by atoms with E-state index >= 15 is 0 Å². The van der Waals surface area contributed by atoms with E-state index in [1.165, 1.54) is 0 Å². The van der Waals surface area contributed by atoms with Gasteiger partial charge in [-0.25, -0.2) is 10.0 Å². The first-order valence-corrected chi connectivity index (χ1v) is 13.1. The molecular formula is C32H34N4O2. The summed E-state index contributed by atoms with van der Waals surface area (Å²) in [7, 11) is 0. The van der Waals surface area contributed by atoms with Crippen molar-refractivity contribution in [1.29, 1.82) is 0 Å². The molecule has 0 spiro atoms. The van der Waals surface area contributed by atoms with Crippen molar-refractivity contribution < 1.29 is 9.59 Å². The van der Waals surface area contributed by atoms with E-state index in [0.29, 0.717) is 12.8 Å². The molecule has 0 bridgehead atoms. The number of carbonyl (C=O) groups excluding carboxylic acids is 2. The second-order valence-electron chi connectivity index (χ2n) is 9.00. The summed E-state index contributed by atoms with van der Waals surface area (Å²) >= 11 is 0. The van der Waals surface area contributed by atoms with Crippen molar-refractivity contribution in [3.05, 3.63) is 121 Å². The predicted octanol–water partition coefficient (Wildman–Crippen LogP) is 7.45. The van der Waals surface area contributed by atoms with Crippen LogP contribution in [-0.4, -0.2) is 11.8 Å². The van der Waals surface area contributed by atoms with Crippen LogP contribution < -0.4 is 20.9 Å². The number of nitrogens with one attached hydrogen (secondary N) is 2. The number of hydrazine groups is 2. The molecule has 6 nitrogen and oxygen atoms in total. The molecule has 38 heavy (non-hydrogen) atoms. The van der Waals surface area contributed by atoms with Gasteiger partial charge in [0, 0.05) is 12.8 Å². The second kappa shape index (κ2) is 14.2. The Morgan fingerprint density at radius 3 is 1.11 bits per heavy atom. The molecule has 0 aromatic heterocycles. The molecular weight excluding hydrogens is 472 g/mol. The molecule has 0 saturated heterocycles. The maximum atomic E-state index is 13.1. The van der Waals surface area contributed by atoms with Gasteiger partial charge in [0.1, 0.15) is 0 Å². The number of hydrogen-bond donors (Lipinski definition) is 2.